The number of amides is 1. The van der Waals surface area contributed by atoms with Crippen LogP contribution in [0.15, 0.2) is 30.3 Å². The Hall–Kier alpha value is -2.65. The van der Waals surface area contributed by atoms with Crippen molar-refractivity contribution in [3.8, 4) is 6.07 Å². The number of benzene rings is 1. The van der Waals surface area contributed by atoms with E-state index >= 15 is 0 Å². The molecule has 1 aromatic heterocycles. The summed E-state index contributed by atoms with van der Waals surface area (Å²) in [7, 11) is 0. The normalized spacial score (nSPS) is 18.3. The molecule has 0 aliphatic heterocycles. The first-order chi connectivity index (χ1) is 13.0. The van der Waals surface area contributed by atoms with Gasteiger partial charge in [-0.3, -0.25) is 4.79 Å². The number of nitrogens with one attached hydrogen (secondary N) is 1. The predicted octanol–water partition coefficient (Wildman–Crippen LogP) is 4.22. The summed E-state index contributed by atoms with van der Waals surface area (Å²) in [5, 5.41) is 13.3. The SMILES string of the molecule is CCOC(=O)c1c(NC(=O)CC)sc2c1CC[C@](C#N)(c1ccccc1)C2. The molecule has 1 heterocycles. The zero-order chi connectivity index (χ0) is 19.4. The van der Waals surface area contributed by atoms with Crippen molar-refractivity contribution in [3.63, 3.8) is 0 Å². The maximum Gasteiger partial charge on any atom is 0.341 e. The molecule has 0 saturated carbocycles. The molecule has 1 N–H and O–H groups in total. The average molecular weight is 382 g/mol. The number of carbonyl (C=O) groups excluding carboxylic acids is 2. The summed E-state index contributed by atoms with van der Waals surface area (Å²) in [4.78, 5) is 25.4. The summed E-state index contributed by atoms with van der Waals surface area (Å²) < 4.78 is 5.22. The van der Waals surface area contributed by atoms with Crippen LogP contribution in [-0.4, -0.2) is 18.5 Å². The highest BCUT2D eigenvalue weighted by Gasteiger charge is 2.40. The first-order valence-corrected chi connectivity index (χ1v) is 9.94. The smallest absolute Gasteiger partial charge is 0.341 e. The van der Waals surface area contributed by atoms with Crippen LogP contribution in [-0.2, 0) is 27.8 Å². The number of nitrogens with zero attached hydrogens (tertiary/aromatic N) is 1. The number of ether oxygens (including phenoxy) is 1. The topological polar surface area (TPSA) is 79.2 Å². The van der Waals surface area contributed by atoms with Gasteiger partial charge in [-0.1, -0.05) is 37.3 Å². The summed E-state index contributed by atoms with van der Waals surface area (Å²) in [5.74, 6) is -0.556. The van der Waals surface area contributed by atoms with Gasteiger partial charge in [0.15, 0.2) is 0 Å². The molecule has 0 fully saturated rings. The van der Waals surface area contributed by atoms with Gasteiger partial charge in [-0.15, -0.1) is 11.3 Å². The van der Waals surface area contributed by atoms with E-state index in [1.807, 2.05) is 30.3 Å². The second-order valence-electron chi connectivity index (χ2n) is 6.57. The molecule has 1 atom stereocenters. The minimum absolute atomic E-state index is 0.145. The largest absolute Gasteiger partial charge is 0.462 e. The Bertz CT molecular complexity index is 898. The molecule has 2 aromatic rings. The number of hydrogen-bond acceptors (Lipinski definition) is 5. The molecule has 1 aromatic carbocycles. The Labute approximate surface area is 163 Å². The third-order valence-corrected chi connectivity index (χ3v) is 6.10. The number of esters is 1. The summed E-state index contributed by atoms with van der Waals surface area (Å²) >= 11 is 1.39. The van der Waals surface area contributed by atoms with Crippen LogP contribution in [0.2, 0.25) is 0 Å². The molecule has 1 aliphatic rings. The van der Waals surface area contributed by atoms with Crippen LogP contribution in [0.5, 0.6) is 0 Å². The third-order valence-electron chi connectivity index (χ3n) is 4.95. The lowest BCUT2D eigenvalue weighted by Crippen LogP contribution is -2.31. The zero-order valence-electron chi connectivity index (χ0n) is 15.5. The van der Waals surface area contributed by atoms with Crippen LogP contribution >= 0.6 is 11.3 Å². The van der Waals surface area contributed by atoms with E-state index in [0.29, 0.717) is 36.2 Å². The van der Waals surface area contributed by atoms with E-state index in [1.54, 1.807) is 13.8 Å². The van der Waals surface area contributed by atoms with E-state index in [1.165, 1.54) is 11.3 Å². The molecule has 1 amide bonds. The van der Waals surface area contributed by atoms with E-state index in [0.717, 1.165) is 16.0 Å². The van der Waals surface area contributed by atoms with Gasteiger partial charge in [0, 0.05) is 17.7 Å². The predicted molar refractivity (Wildman–Crippen MR) is 105 cm³/mol. The van der Waals surface area contributed by atoms with Crippen molar-refractivity contribution in [1.29, 1.82) is 5.26 Å². The van der Waals surface area contributed by atoms with Crippen molar-refractivity contribution < 1.29 is 14.3 Å². The van der Waals surface area contributed by atoms with Gasteiger partial charge in [-0.05, 0) is 30.9 Å². The van der Waals surface area contributed by atoms with Gasteiger partial charge in [0.25, 0.3) is 0 Å². The molecule has 1 aliphatic carbocycles. The average Bonchev–Trinajstić information content (AvgIpc) is 3.05. The van der Waals surface area contributed by atoms with Crippen molar-refractivity contribution in [2.75, 3.05) is 11.9 Å². The molecule has 140 valence electrons. The van der Waals surface area contributed by atoms with Crippen molar-refractivity contribution >= 4 is 28.2 Å². The molecule has 0 radical (unpaired) electrons. The van der Waals surface area contributed by atoms with Gasteiger partial charge in [-0.2, -0.15) is 5.26 Å². The van der Waals surface area contributed by atoms with Crippen LogP contribution in [0.1, 0.15) is 53.1 Å². The molecule has 0 unspecified atom stereocenters. The minimum atomic E-state index is -0.614. The molecule has 3 rings (SSSR count). The molecule has 27 heavy (non-hydrogen) atoms. The number of nitriles is 1. The maximum absolute atomic E-state index is 12.5. The zero-order valence-corrected chi connectivity index (χ0v) is 16.3. The van der Waals surface area contributed by atoms with E-state index in [4.69, 9.17) is 4.74 Å². The highest BCUT2D eigenvalue weighted by atomic mass is 32.1. The van der Waals surface area contributed by atoms with E-state index in [2.05, 4.69) is 11.4 Å². The number of carbonyl (C=O) groups is 2. The Morgan fingerprint density at radius 2 is 2.04 bits per heavy atom. The van der Waals surface area contributed by atoms with Gasteiger partial charge < -0.3 is 10.1 Å². The number of fused-ring (bicyclic) bond motifs is 1. The van der Waals surface area contributed by atoms with Crippen molar-refractivity contribution in [2.24, 2.45) is 0 Å². The summed E-state index contributed by atoms with van der Waals surface area (Å²) in [5.41, 5.74) is 1.74. The molecule has 5 nitrogen and oxygen atoms in total. The van der Waals surface area contributed by atoms with E-state index in [-0.39, 0.29) is 12.5 Å². The Kier molecular flexibility index (Phi) is 5.62. The fraction of sp³-hybridized carbons (Fsp3) is 0.381. The number of rotatable bonds is 5. The maximum atomic E-state index is 12.5. The lowest BCUT2D eigenvalue weighted by atomic mass is 9.70. The fourth-order valence-corrected chi connectivity index (χ4v) is 4.87. The quantitative estimate of drug-likeness (QED) is 0.785. The van der Waals surface area contributed by atoms with Gasteiger partial charge in [0.1, 0.15) is 5.00 Å². The molecular weight excluding hydrogens is 360 g/mol. The monoisotopic (exact) mass is 382 g/mol. The summed E-state index contributed by atoms with van der Waals surface area (Å²) in [6.45, 7) is 3.80. The standard InChI is InChI=1S/C21H22N2O3S/c1-3-17(24)23-19-18(20(25)26-4-2)15-10-11-21(13-22,12-16(15)27-19)14-8-6-5-7-9-14/h5-9H,3-4,10-12H2,1-2H3,(H,23,24)/t21-/m0/s1. The minimum Gasteiger partial charge on any atom is -0.462 e. The van der Waals surface area contributed by atoms with Crippen LogP contribution in [0, 0.1) is 11.3 Å². The van der Waals surface area contributed by atoms with Crippen LogP contribution in [0.4, 0.5) is 5.00 Å². The molecular formula is C21H22N2O3S. The fourth-order valence-electron chi connectivity index (χ4n) is 3.51. The second-order valence-corrected chi connectivity index (χ2v) is 7.67. The Balaban J connectivity index is 2.04. The van der Waals surface area contributed by atoms with Crippen molar-refractivity contribution in [3.05, 3.63) is 51.9 Å². The van der Waals surface area contributed by atoms with E-state index < -0.39 is 11.4 Å². The number of hydrogen-bond donors (Lipinski definition) is 1. The van der Waals surface area contributed by atoms with Crippen LogP contribution in [0.25, 0.3) is 0 Å². The molecule has 0 saturated heterocycles. The molecule has 6 heteroatoms. The Morgan fingerprint density at radius 3 is 2.67 bits per heavy atom. The van der Waals surface area contributed by atoms with Gasteiger partial charge >= 0.3 is 5.97 Å². The summed E-state index contributed by atoms with van der Waals surface area (Å²) in [6, 6.07) is 12.3. The molecule has 0 bridgehead atoms. The highest BCUT2D eigenvalue weighted by molar-refractivity contribution is 7.17. The van der Waals surface area contributed by atoms with Gasteiger partial charge in [-0.25, -0.2) is 4.79 Å². The van der Waals surface area contributed by atoms with Gasteiger partial charge in [0.05, 0.1) is 23.7 Å². The van der Waals surface area contributed by atoms with Gasteiger partial charge in [0.2, 0.25) is 5.91 Å². The first kappa shape index (κ1) is 19.1. The first-order valence-electron chi connectivity index (χ1n) is 9.13. The third kappa shape index (κ3) is 3.60. The number of thiophene rings is 1. The van der Waals surface area contributed by atoms with E-state index in [9.17, 15) is 14.9 Å². The number of anilines is 1. The van der Waals surface area contributed by atoms with Crippen molar-refractivity contribution in [1.82, 2.24) is 0 Å². The lowest BCUT2D eigenvalue weighted by molar-refractivity contribution is -0.115. The van der Waals surface area contributed by atoms with Crippen LogP contribution in [0.3, 0.4) is 0 Å². The molecule has 0 spiro atoms. The van der Waals surface area contributed by atoms with Crippen molar-refractivity contribution in [2.45, 2.75) is 44.9 Å². The Morgan fingerprint density at radius 1 is 1.30 bits per heavy atom. The van der Waals surface area contributed by atoms with Crippen LogP contribution < -0.4 is 5.32 Å². The highest BCUT2D eigenvalue weighted by Crippen LogP contribution is 2.45. The second kappa shape index (κ2) is 7.93. The summed E-state index contributed by atoms with van der Waals surface area (Å²) in [6.07, 6.45) is 2.09. The lowest BCUT2D eigenvalue weighted by Gasteiger charge is -2.31.